The molecule has 75 heavy (non-hydrogen) atoms. The number of aromatic nitrogens is 2. The van der Waals surface area contributed by atoms with Gasteiger partial charge in [0.1, 0.15) is 0 Å². The Morgan fingerprint density at radius 2 is 0.587 bits per heavy atom. The number of nitrogens with zero attached hydrogens (tertiary/aromatic N) is 3. The van der Waals surface area contributed by atoms with E-state index in [0.29, 0.717) is 0 Å². The summed E-state index contributed by atoms with van der Waals surface area (Å²) in [7, 11) is 0. The van der Waals surface area contributed by atoms with Crippen LogP contribution < -0.4 is 4.90 Å². The maximum atomic E-state index is 4.48. The number of fused-ring (bicyclic) bond motifs is 6. The minimum Gasteiger partial charge on any atom is -0.310 e. The Kier molecular flexibility index (Phi) is 10.6. The van der Waals surface area contributed by atoms with E-state index in [1.165, 1.54) is 66.8 Å². The Bertz CT molecular complexity index is 3710. The second-order valence-electron chi connectivity index (χ2n) is 19.7. The predicted molar refractivity (Wildman–Crippen MR) is 308 cm³/mol. The van der Waals surface area contributed by atoms with Crippen LogP contribution >= 0.6 is 0 Å². The van der Waals surface area contributed by atoms with Crippen LogP contribution in [0.15, 0.2) is 298 Å². The van der Waals surface area contributed by atoms with Gasteiger partial charge in [0.2, 0.25) is 0 Å². The molecule has 0 atom stereocenters. The van der Waals surface area contributed by atoms with E-state index in [9.17, 15) is 0 Å². The topological polar surface area (TPSA) is 29.0 Å². The lowest BCUT2D eigenvalue weighted by molar-refractivity contribution is 0.768. The highest BCUT2D eigenvalue weighted by atomic mass is 15.1. The van der Waals surface area contributed by atoms with Crippen molar-refractivity contribution in [3.63, 3.8) is 0 Å². The number of pyridine rings is 2. The van der Waals surface area contributed by atoms with E-state index in [4.69, 9.17) is 0 Å². The van der Waals surface area contributed by atoms with Gasteiger partial charge in [-0.1, -0.05) is 206 Å². The summed E-state index contributed by atoms with van der Waals surface area (Å²) in [6, 6.07) is 101. The molecule has 2 aliphatic carbocycles. The van der Waals surface area contributed by atoms with Gasteiger partial charge in [0.25, 0.3) is 0 Å². The fraction of sp³-hybridized carbons (Fsp3) is 0.0278. The Balaban J connectivity index is 0.979. The van der Waals surface area contributed by atoms with Crippen LogP contribution in [0.3, 0.4) is 0 Å². The summed E-state index contributed by atoms with van der Waals surface area (Å²) >= 11 is 0. The summed E-state index contributed by atoms with van der Waals surface area (Å²) in [5.74, 6) is 0. The zero-order chi connectivity index (χ0) is 49.8. The molecule has 0 amide bonds. The normalized spacial score (nSPS) is 13.3. The summed E-state index contributed by atoms with van der Waals surface area (Å²) in [5.41, 5.74) is 23.8. The average molecular weight is 956 g/mol. The van der Waals surface area contributed by atoms with Gasteiger partial charge in [0, 0.05) is 53.0 Å². The first-order chi connectivity index (χ1) is 37.2. The molecule has 3 heteroatoms. The van der Waals surface area contributed by atoms with Crippen LogP contribution in [-0.4, -0.2) is 9.97 Å². The third-order valence-corrected chi connectivity index (χ3v) is 15.8. The standard InChI is InChI=1S/C72H49N3/c1-5-21-56(22-6-1)71(57-23-7-2-8-24-57)67-31-15-13-29-63(67)65-46-61(37-39-69(65)71)75(60-35-33-50(34-36-60)53-43-54(51-19-17-41-73-48-51)45-55(44-53)52-20-18-42-74-49-52)62-38-40-70-66(47-62)64-30-14-16-32-68(64)72(70,58-25-9-3-10-26-58)59-27-11-4-12-28-59/h1-49H. The van der Waals surface area contributed by atoms with Crippen molar-refractivity contribution >= 4 is 17.1 Å². The fourth-order valence-corrected chi connectivity index (χ4v) is 12.6. The lowest BCUT2D eigenvalue weighted by Gasteiger charge is -2.34. The van der Waals surface area contributed by atoms with Gasteiger partial charge in [-0.15, -0.1) is 0 Å². The molecule has 0 aliphatic heterocycles. The van der Waals surface area contributed by atoms with Gasteiger partial charge < -0.3 is 4.90 Å². The molecule has 3 nitrogen and oxygen atoms in total. The number of hydrogen-bond acceptors (Lipinski definition) is 3. The molecular weight excluding hydrogens is 907 g/mol. The third kappa shape index (κ3) is 7.04. The minimum atomic E-state index is -0.506. The van der Waals surface area contributed by atoms with Crippen LogP contribution in [0.1, 0.15) is 44.5 Å². The molecule has 0 unspecified atom stereocenters. The summed E-state index contributed by atoms with van der Waals surface area (Å²) < 4.78 is 0. The molecule has 0 N–H and O–H groups in total. The second kappa shape index (κ2) is 18.1. The van der Waals surface area contributed by atoms with E-state index in [1.54, 1.807) is 0 Å². The van der Waals surface area contributed by atoms with Crippen LogP contribution in [0.25, 0.3) is 55.6 Å². The second-order valence-corrected chi connectivity index (χ2v) is 19.7. The highest BCUT2D eigenvalue weighted by Crippen LogP contribution is 2.59. The van der Waals surface area contributed by atoms with Crippen LogP contribution in [0.5, 0.6) is 0 Å². The lowest BCUT2D eigenvalue weighted by atomic mass is 9.67. The monoisotopic (exact) mass is 955 g/mol. The molecular formula is C72H49N3. The van der Waals surface area contributed by atoms with E-state index < -0.39 is 10.8 Å². The third-order valence-electron chi connectivity index (χ3n) is 15.8. The van der Waals surface area contributed by atoms with E-state index in [-0.39, 0.29) is 0 Å². The summed E-state index contributed by atoms with van der Waals surface area (Å²) in [4.78, 5) is 11.4. The first kappa shape index (κ1) is 44.0. The molecule has 14 rings (SSSR count). The van der Waals surface area contributed by atoms with Crippen LogP contribution in [0.4, 0.5) is 17.1 Å². The molecule has 0 saturated carbocycles. The molecule has 2 aliphatic rings. The minimum absolute atomic E-state index is 0.506. The molecule has 0 bridgehead atoms. The Morgan fingerprint density at radius 3 is 0.973 bits per heavy atom. The van der Waals surface area contributed by atoms with Gasteiger partial charge in [-0.2, -0.15) is 0 Å². The molecule has 0 spiro atoms. The largest absolute Gasteiger partial charge is 0.310 e. The van der Waals surface area contributed by atoms with Crippen molar-refractivity contribution in [2.24, 2.45) is 0 Å². The predicted octanol–water partition coefficient (Wildman–Crippen LogP) is 17.7. The van der Waals surface area contributed by atoms with E-state index in [0.717, 1.165) is 50.4 Å². The molecule has 10 aromatic carbocycles. The van der Waals surface area contributed by atoms with Crippen LogP contribution in [0.2, 0.25) is 0 Å². The number of hydrogen-bond donors (Lipinski definition) is 0. The van der Waals surface area contributed by atoms with Crippen molar-refractivity contribution in [1.29, 1.82) is 0 Å². The molecule has 2 heterocycles. The Morgan fingerprint density at radius 1 is 0.240 bits per heavy atom. The van der Waals surface area contributed by atoms with Crippen molar-refractivity contribution < 1.29 is 0 Å². The van der Waals surface area contributed by atoms with Crippen molar-refractivity contribution in [3.8, 4) is 55.6 Å². The quantitative estimate of drug-likeness (QED) is 0.137. The van der Waals surface area contributed by atoms with Crippen molar-refractivity contribution in [2.75, 3.05) is 4.90 Å². The number of rotatable bonds is 10. The molecule has 352 valence electrons. The first-order valence-corrected chi connectivity index (χ1v) is 25.8. The van der Waals surface area contributed by atoms with E-state index in [1.807, 2.05) is 36.9 Å². The zero-order valence-corrected chi connectivity index (χ0v) is 41.1. The highest BCUT2D eigenvalue weighted by molar-refractivity contribution is 5.93. The molecule has 2 aromatic heterocycles. The number of anilines is 3. The van der Waals surface area contributed by atoms with Crippen LogP contribution in [0, 0.1) is 0 Å². The van der Waals surface area contributed by atoms with Crippen molar-refractivity contribution in [2.45, 2.75) is 10.8 Å². The maximum Gasteiger partial charge on any atom is 0.0713 e. The maximum absolute atomic E-state index is 4.48. The zero-order valence-electron chi connectivity index (χ0n) is 41.1. The Hall–Kier alpha value is -9.70. The SMILES string of the molecule is c1ccc(C2(c3ccccc3)c3ccccc3-c3cc(N(c4ccc(-c5cc(-c6cccnc6)cc(-c6cccnc6)c5)cc4)c4ccc5c(c4)-c4ccccc4C5(c4ccccc4)c4ccccc4)ccc32)cc1. The fourth-order valence-electron chi connectivity index (χ4n) is 12.6. The van der Waals surface area contributed by atoms with Gasteiger partial charge in [-0.25, -0.2) is 0 Å². The van der Waals surface area contributed by atoms with Crippen LogP contribution in [-0.2, 0) is 10.8 Å². The highest BCUT2D eigenvalue weighted by Gasteiger charge is 2.48. The number of benzene rings is 10. The molecule has 0 radical (unpaired) electrons. The molecule has 0 fully saturated rings. The summed E-state index contributed by atoms with van der Waals surface area (Å²) in [6.45, 7) is 0. The summed E-state index contributed by atoms with van der Waals surface area (Å²) in [6.07, 6.45) is 7.52. The van der Waals surface area contributed by atoms with Gasteiger partial charge in [0.15, 0.2) is 0 Å². The van der Waals surface area contributed by atoms with E-state index >= 15 is 0 Å². The Labute approximate surface area is 438 Å². The lowest BCUT2D eigenvalue weighted by Crippen LogP contribution is -2.28. The molecule has 12 aromatic rings. The van der Waals surface area contributed by atoms with E-state index in [2.05, 4.69) is 276 Å². The van der Waals surface area contributed by atoms with Crippen molar-refractivity contribution in [3.05, 3.63) is 342 Å². The smallest absolute Gasteiger partial charge is 0.0713 e. The molecule has 0 saturated heterocycles. The van der Waals surface area contributed by atoms with Gasteiger partial charge >= 0.3 is 0 Å². The average Bonchev–Trinajstić information content (AvgIpc) is 3.97. The summed E-state index contributed by atoms with van der Waals surface area (Å²) in [5, 5.41) is 0. The van der Waals surface area contributed by atoms with Crippen molar-refractivity contribution in [1.82, 2.24) is 9.97 Å². The van der Waals surface area contributed by atoms with Gasteiger partial charge in [0.05, 0.1) is 10.8 Å². The van der Waals surface area contributed by atoms with Gasteiger partial charge in [-0.3, -0.25) is 9.97 Å². The first-order valence-electron chi connectivity index (χ1n) is 25.8. The van der Waals surface area contributed by atoms with Gasteiger partial charge in [-0.05, 0) is 156 Å².